The van der Waals surface area contributed by atoms with E-state index >= 15 is 0 Å². The standard InChI is InChI=1S/C22H34F2O2/c1-2-3-4-16-5-9-18(10-6-16)20-14-25-22(26-15-20)19-11-7-17(8-12-19)13-21(23)24/h2,13,16-20,22H,1,3-12,14-15H2. The Hall–Kier alpha value is -0.740. The van der Waals surface area contributed by atoms with Crippen molar-refractivity contribution in [3.05, 3.63) is 24.8 Å². The molecule has 0 amide bonds. The molecule has 0 aromatic carbocycles. The third kappa shape index (κ3) is 5.63. The minimum atomic E-state index is -1.54. The highest BCUT2D eigenvalue weighted by Gasteiger charge is 2.35. The van der Waals surface area contributed by atoms with Crippen molar-refractivity contribution in [3.63, 3.8) is 0 Å². The smallest absolute Gasteiger partial charge is 0.266 e. The van der Waals surface area contributed by atoms with Crippen molar-refractivity contribution < 1.29 is 18.3 Å². The Morgan fingerprint density at radius 1 is 0.846 bits per heavy atom. The molecule has 3 rings (SSSR count). The molecule has 4 heteroatoms. The van der Waals surface area contributed by atoms with E-state index in [-0.39, 0.29) is 12.2 Å². The average molecular weight is 369 g/mol. The van der Waals surface area contributed by atoms with Gasteiger partial charge in [0.05, 0.1) is 13.2 Å². The molecule has 0 atom stereocenters. The molecule has 0 radical (unpaired) electrons. The molecule has 26 heavy (non-hydrogen) atoms. The van der Waals surface area contributed by atoms with Gasteiger partial charge in [-0.2, -0.15) is 8.78 Å². The van der Waals surface area contributed by atoms with Crippen molar-refractivity contribution in [2.75, 3.05) is 13.2 Å². The molecular formula is C22H34F2O2. The highest BCUT2D eigenvalue weighted by molar-refractivity contribution is 4.91. The van der Waals surface area contributed by atoms with E-state index in [0.717, 1.165) is 63.2 Å². The van der Waals surface area contributed by atoms with Crippen LogP contribution in [0.15, 0.2) is 24.8 Å². The lowest BCUT2D eigenvalue weighted by atomic mass is 9.74. The largest absolute Gasteiger partial charge is 0.352 e. The van der Waals surface area contributed by atoms with Crippen molar-refractivity contribution in [1.82, 2.24) is 0 Å². The molecule has 0 bridgehead atoms. The first-order chi connectivity index (χ1) is 12.7. The maximum Gasteiger partial charge on any atom is 0.266 e. The summed E-state index contributed by atoms with van der Waals surface area (Å²) >= 11 is 0. The fourth-order valence-corrected chi connectivity index (χ4v) is 5.14. The maximum atomic E-state index is 12.4. The molecule has 1 saturated heterocycles. The van der Waals surface area contributed by atoms with Crippen LogP contribution in [0.2, 0.25) is 0 Å². The summed E-state index contributed by atoms with van der Waals surface area (Å²) < 4.78 is 37.0. The number of ether oxygens (including phenoxy) is 2. The first-order valence-electron chi connectivity index (χ1n) is 10.5. The Morgan fingerprint density at radius 3 is 2.04 bits per heavy atom. The quantitative estimate of drug-likeness (QED) is 0.510. The monoisotopic (exact) mass is 368 g/mol. The van der Waals surface area contributed by atoms with Crippen LogP contribution in [0.4, 0.5) is 8.78 Å². The molecule has 3 fully saturated rings. The van der Waals surface area contributed by atoms with E-state index in [1.165, 1.54) is 32.1 Å². The fourth-order valence-electron chi connectivity index (χ4n) is 5.14. The van der Waals surface area contributed by atoms with Gasteiger partial charge in [0, 0.05) is 11.8 Å². The molecule has 0 N–H and O–H groups in total. The van der Waals surface area contributed by atoms with Crippen LogP contribution in [-0.2, 0) is 9.47 Å². The van der Waals surface area contributed by atoms with E-state index < -0.39 is 6.08 Å². The summed E-state index contributed by atoms with van der Waals surface area (Å²) in [7, 11) is 0. The molecule has 2 nitrogen and oxygen atoms in total. The highest BCUT2D eigenvalue weighted by Crippen LogP contribution is 2.39. The predicted molar refractivity (Wildman–Crippen MR) is 99.8 cm³/mol. The summed E-state index contributed by atoms with van der Waals surface area (Å²) in [4.78, 5) is 0. The average Bonchev–Trinajstić information content (AvgIpc) is 2.67. The Kier molecular flexibility index (Phi) is 7.68. The molecular weight excluding hydrogens is 334 g/mol. The van der Waals surface area contributed by atoms with Crippen molar-refractivity contribution >= 4 is 0 Å². The van der Waals surface area contributed by atoms with Crippen molar-refractivity contribution in [2.24, 2.45) is 29.6 Å². The van der Waals surface area contributed by atoms with Crippen LogP contribution in [0.3, 0.4) is 0 Å². The number of hydrogen-bond donors (Lipinski definition) is 0. The van der Waals surface area contributed by atoms with E-state index in [4.69, 9.17) is 9.47 Å². The Bertz CT molecular complexity index is 451. The molecule has 3 aliphatic rings. The fraction of sp³-hybridized carbons (Fsp3) is 0.818. The second-order valence-electron chi connectivity index (χ2n) is 8.57. The van der Waals surface area contributed by atoms with Gasteiger partial charge < -0.3 is 9.47 Å². The molecule has 1 aliphatic heterocycles. The first-order valence-corrected chi connectivity index (χ1v) is 10.5. The number of hydrogen-bond acceptors (Lipinski definition) is 2. The van der Waals surface area contributed by atoms with Crippen molar-refractivity contribution in [1.29, 1.82) is 0 Å². The van der Waals surface area contributed by atoms with Gasteiger partial charge in [0.25, 0.3) is 6.08 Å². The maximum absolute atomic E-state index is 12.4. The molecule has 1 heterocycles. The van der Waals surface area contributed by atoms with Crippen LogP contribution >= 0.6 is 0 Å². The number of allylic oxidation sites excluding steroid dienone is 2. The predicted octanol–water partition coefficient (Wildman–Crippen LogP) is 6.33. The Balaban J connectivity index is 1.36. The normalized spacial score (nSPS) is 38.5. The summed E-state index contributed by atoms with van der Waals surface area (Å²) in [6.45, 7) is 5.45. The third-order valence-electron chi connectivity index (χ3n) is 6.85. The van der Waals surface area contributed by atoms with Gasteiger partial charge in [0.15, 0.2) is 6.29 Å². The zero-order valence-electron chi connectivity index (χ0n) is 15.9. The molecule has 0 unspecified atom stereocenters. The summed E-state index contributed by atoms with van der Waals surface area (Å²) in [5, 5.41) is 0. The second kappa shape index (κ2) is 9.98. The minimum Gasteiger partial charge on any atom is -0.352 e. The van der Waals surface area contributed by atoms with Crippen LogP contribution in [0, 0.1) is 29.6 Å². The summed E-state index contributed by atoms with van der Waals surface area (Å²) in [5.41, 5.74) is 0. The molecule has 0 aromatic heterocycles. The summed E-state index contributed by atoms with van der Waals surface area (Å²) in [6, 6.07) is 0. The zero-order chi connectivity index (χ0) is 18.4. The molecule has 2 aliphatic carbocycles. The number of halogens is 2. The second-order valence-corrected chi connectivity index (χ2v) is 8.57. The molecule has 0 aromatic rings. The zero-order valence-corrected chi connectivity index (χ0v) is 15.9. The lowest BCUT2D eigenvalue weighted by molar-refractivity contribution is -0.236. The van der Waals surface area contributed by atoms with E-state index in [9.17, 15) is 8.78 Å². The van der Waals surface area contributed by atoms with E-state index in [0.29, 0.717) is 11.8 Å². The minimum absolute atomic E-state index is 0.0314. The summed E-state index contributed by atoms with van der Waals surface area (Å²) in [6.07, 6.45) is 12.7. The Morgan fingerprint density at radius 2 is 1.46 bits per heavy atom. The van der Waals surface area contributed by atoms with Crippen molar-refractivity contribution in [3.8, 4) is 0 Å². The van der Waals surface area contributed by atoms with Gasteiger partial charge >= 0.3 is 0 Å². The lowest BCUT2D eigenvalue weighted by Crippen LogP contribution is -2.41. The molecule has 0 spiro atoms. The third-order valence-corrected chi connectivity index (χ3v) is 6.85. The highest BCUT2D eigenvalue weighted by atomic mass is 19.3. The van der Waals surface area contributed by atoms with Gasteiger partial charge in [-0.25, -0.2) is 0 Å². The van der Waals surface area contributed by atoms with Crippen LogP contribution in [-0.4, -0.2) is 19.5 Å². The van der Waals surface area contributed by atoms with Crippen LogP contribution in [0.25, 0.3) is 0 Å². The van der Waals surface area contributed by atoms with Gasteiger partial charge in [-0.15, -0.1) is 6.58 Å². The SMILES string of the molecule is C=CCCC1CCC(C2COC(C3CCC(C=C(F)F)CC3)OC2)CC1. The van der Waals surface area contributed by atoms with Crippen molar-refractivity contribution in [2.45, 2.75) is 70.5 Å². The lowest BCUT2D eigenvalue weighted by Gasteiger charge is -2.41. The summed E-state index contributed by atoms with van der Waals surface area (Å²) in [5.74, 6) is 2.55. The Labute approximate surface area is 157 Å². The van der Waals surface area contributed by atoms with Gasteiger partial charge in [0.1, 0.15) is 0 Å². The van der Waals surface area contributed by atoms with E-state index in [1.807, 2.05) is 6.08 Å². The van der Waals surface area contributed by atoms with Crippen LogP contribution in [0.1, 0.15) is 64.2 Å². The van der Waals surface area contributed by atoms with Gasteiger partial charge in [0.2, 0.25) is 0 Å². The molecule has 148 valence electrons. The van der Waals surface area contributed by atoms with Gasteiger partial charge in [-0.1, -0.05) is 18.9 Å². The van der Waals surface area contributed by atoms with E-state index in [1.54, 1.807) is 0 Å². The topological polar surface area (TPSA) is 18.5 Å². The van der Waals surface area contributed by atoms with E-state index in [2.05, 4.69) is 6.58 Å². The van der Waals surface area contributed by atoms with Gasteiger partial charge in [-0.05, 0) is 75.2 Å². The van der Waals surface area contributed by atoms with Gasteiger partial charge in [-0.3, -0.25) is 0 Å². The van der Waals surface area contributed by atoms with Crippen LogP contribution in [0.5, 0.6) is 0 Å². The molecule has 2 saturated carbocycles. The van der Waals surface area contributed by atoms with Crippen LogP contribution < -0.4 is 0 Å². The number of rotatable bonds is 6. The first kappa shape index (κ1) is 20.0.